The van der Waals surface area contributed by atoms with Crippen LogP contribution in [-0.4, -0.2) is 34.1 Å². The lowest BCUT2D eigenvalue weighted by Crippen LogP contribution is -2.44. The average molecular weight is 344 g/mol. The summed E-state index contributed by atoms with van der Waals surface area (Å²) in [6, 6.07) is 0.915. The first-order valence-corrected chi connectivity index (χ1v) is 9.34. The molecule has 2 rings (SSSR count). The lowest BCUT2D eigenvalue weighted by atomic mass is 9.99. The second-order valence-corrected chi connectivity index (χ2v) is 7.43. The number of esters is 1. The van der Waals surface area contributed by atoms with Gasteiger partial charge in [-0.1, -0.05) is 19.8 Å². The first-order valence-electron chi connectivity index (χ1n) is 7.86. The second kappa shape index (κ2) is 7.46. The molecule has 1 aromatic heterocycles. The van der Waals surface area contributed by atoms with E-state index in [-0.39, 0.29) is 34.9 Å². The minimum atomic E-state index is -3.80. The van der Waals surface area contributed by atoms with Gasteiger partial charge in [0, 0.05) is 25.1 Å². The van der Waals surface area contributed by atoms with E-state index in [4.69, 9.17) is 10.2 Å². The van der Waals surface area contributed by atoms with Crippen LogP contribution in [0.4, 0.5) is 0 Å². The van der Waals surface area contributed by atoms with Crippen LogP contribution >= 0.6 is 0 Å². The van der Waals surface area contributed by atoms with Crippen LogP contribution in [0.2, 0.25) is 0 Å². The molecule has 130 valence electrons. The smallest absolute Gasteiger partial charge is 0.373 e. The zero-order valence-electron chi connectivity index (χ0n) is 13.5. The van der Waals surface area contributed by atoms with E-state index in [0.29, 0.717) is 6.42 Å². The maximum absolute atomic E-state index is 12.7. The van der Waals surface area contributed by atoms with E-state index in [1.54, 1.807) is 6.92 Å². The number of carbonyl (C=O) groups is 1. The van der Waals surface area contributed by atoms with Crippen molar-refractivity contribution in [2.75, 3.05) is 13.7 Å². The van der Waals surface area contributed by atoms with Crippen LogP contribution in [0.3, 0.4) is 0 Å². The topological polar surface area (TPSA) is 112 Å². The second-order valence-electron chi connectivity index (χ2n) is 5.75. The highest BCUT2D eigenvalue weighted by molar-refractivity contribution is 7.89. The summed E-state index contributed by atoms with van der Waals surface area (Å²) < 4.78 is 37.9. The van der Waals surface area contributed by atoms with Gasteiger partial charge in [0.05, 0.1) is 7.11 Å². The lowest BCUT2D eigenvalue weighted by molar-refractivity contribution is 0.0563. The number of ether oxygens (including phenoxy) is 1. The molecule has 1 heterocycles. The molecule has 0 aromatic carbocycles. The van der Waals surface area contributed by atoms with Gasteiger partial charge in [-0.15, -0.1) is 0 Å². The van der Waals surface area contributed by atoms with Crippen molar-refractivity contribution in [2.45, 2.75) is 50.0 Å². The molecule has 1 fully saturated rings. The van der Waals surface area contributed by atoms with Crippen LogP contribution in [0.5, 0.6) is 0 Å². The van der Waals surface area contributed by atoms with Crippen LogP contribution in [0.1, 0.15) is 48.9 Å². The monoisotopic (exact) mass is 344 g/mol. The van der Waals surface area contributed by atoms with Gasteiger partial charge < -0.3 is 14.9 Å². The quantitative estimate of drug-likeness (QED) is 0.724. The molecule has 8 heteroatoms. The summed E-state index contributed by atoms with van der Waals surface area (Å²) >= 11 is 0. The summed E-state index contributed by atoms with van der Waals surface area (Å²) in [5, 5.41) is 0. The molecule has 1 saturated carbocycles. The van der Waals surface area contributed by atoms with Crippen molar-refractivity contribution in [1.29, 1.82) is 0 Å². The Morgan fingerprint density at radius 3 is 2.65 bits per heavy atom. The maximum atomic E-state index is 12.7. The number of nitrogens with two attached hydrogens (primary N) is 1. The third kappa shape index (κ3) is 3.94. The molecule has 7 nitrogen and oxygen atoms in total. The van der Waals surface area contributed by atoms with E-state index in [1.807, 2.05) is 0 Å². The fourth-order valence-electron chi connectivity index (χ4n) is 3.05. The Kier molecular flexibility index (Phi) is 5.83. The average Bonchev–Trinajstić information content (AvgIpc) is 3.21. The molecule has 0 radical (unpaired) electrons. The molecule has 3 N–H and O–H groups in total. The van der Waals surface area contributed by atoms with Crippen molar-refractivity contribution < 1.29 is 22.4 Å². The molecule has 0 saturated heterocycles. The zero-order valence-corrected chi connectivity index (χ0v) is 14.3. The minimum Gasteiger partial charge on any atom is -0.463 e. The van der Waals surface area contributed by atoms with Crippen LogP contribution < -0.4 is 10.5 Å². The summed E-state index contributed by atoms with van der Waals surface area (Å²) in [4.78, 5) is 11.5. The summed E-state index contributed by atoms with van der Waals surface area (Å²) in [7, 11) is -2.59. The van der Waals surface area contributed by atoms with Gasteiger partial charge in [-0.2, -0.15) is 0 Å². The lowest BCUT2D eigenvalue weighted by Gasteiger charge is -2.22. The SMILES string of the molecule is CCc1oc(C(=O)OC)cc1S(=O)(=O)NC(CN)C1CCCC1. The number of furan rings is 1. The maximum Gasteiger partial charge on any atom is 0.373 e. The van der Waals surface area contributed by atoms with Gasteiger partial charge in [-0.25, -0.2) is 17.9 Å². The molecule has 1 aromatic rings. The molecule has 0 amide bonds. The van der Waals surface area contributed by atoms with E-state index < -0.39 is 16.0 Å². The molecule has 0 bridgehead atoms. The first-order chi connectivity index (χ1) is 10.9. The summed E-state index contributed by atoms with van der Waals surface area (Å²) in [5.41, 5.74) is 5.76. The van der Waals surface area contributed by atoms with Gasteiger partial charge >= 0.3 is 5.97 Å². The predicted octanol–water partition coefficient (Wildman–Crippen LogP) is 1.42. The van der Waals surface area contributed by atoms with E-state index in [1.165, 1.54) is 13.2 Å². The number of aryl methyl sites for hydroxylation is 1. The van der Waals surface area contributed by atoms with Crippen LogP contribution in [0.15, 0.2) is 15.4 Å². The Hall–Kier alpha value is -1.38. The summed E-state index contributed by atoms with van der Waals surface area (Å²) in [5.74, 6) is -0.325. The minimum absolute atomic E-state index is 0.0168. The number of carbonyl (C=O) groups excluding carboxylic acids is 1. The predicted molar refractivity (Wildman–Crippen MR) is 84.5 cm³/mol. The molecular weight excluding hydrogens is 320 g/mol. The van der Waals surface area contributed by atoms with Crippen molar-refractivity contribution in [1.82, 2.24) is 4.72 Å². The van der Waals surface area contributed by atoms with Crippen molar-refractivity contribution in [3.05, 3.63) is 17.6 Å². The van der Waals surface area contributed by atoms with Gasteiger partial charge in [0.15, 0.2) is 0 Å². The van der Waals surface area contributed by atoms with Crippen LogP contribution in [0.25, 0.3) is 0 Å². The van der Waals surface area contributed by atoms with E-state index in [9.17, 15) is 13.2 Å². The zero-order chi connectivity index (χ0) is 17.0. The summed E-state index contributed by atoms with van der Waals surface area (Å²) in [6.07, 6.45) is 4.50. The number of rotatable bonds is 7. The Balaban J connectivity index is 2.27. The van der Waals surface area contributed by atoms with Crippen molar-refractivity contribution >= 4 is 16.0 Å². The fraction of sp³-hybridized carbons (Fsp3) is 0.667. The molecule has 1 aliphatic carbocycles. The standard InChI is InChI=1S/C15H24N2O5S/c1-3-12-14(8-13(22-12)15(18)21-2)23(19,20)17-11(9-16)10-6-4-5-7-10/h8,10-11,17H,3-7,9,16H2,1-2H3. The largest absolute Gasteiger partial charge is 0.463 e. The Labute approximate surface area is 136 Å². The van der Waals surface area contributed by atoms with Crippen LogP contribution in [0, 0.1) is 5.92 Å². The highest BCUT2D eigenvalue weighted by Crippen LogP contribution is 2.29. The molecule has 0 aliphatic heterocycles. The number of methoxy groups -OCH3 is 1. The Morgan fingerprint density at radius 2 is 2.13 bits per heavy atom. The Morgan fingerprint density at radius 1 is 1.48 bits per heavy atom. The van der Waals surface area contributed by atoms with Gasteiger partial charge in [-0.3, -0.25) is 0 Å². The number of sulfonamides is 1. The van der Waals surface area contributed by atoms with E-state index >= 15 is 0 Å². The number of hydrogen-bond donors (Lipinski definition) is 2. The molecule has 1 unspecified atom stereocenters. The normalized spacial score (nSPS) is 17.3. The molecule has 0 spiro atoms. The number of hydrogen-bond acceptors (Lipinski definition) is 6. The third-order valence-corrected chi connectivity index (χ3v) is 5.83. The summed E-state index contributed by atoms with van der Waals surface area (Å²) in [6.45, 7) is 2.00. The van der Waals surface area contributed by atoms with Crippen molar-refractivity contribution in [3.8, 4) is 0 Å². The third-order valence-electron chi connectivity index (χ3n) is 4.30. The first kappa shape index (κ1) is 18.0. The van der Waals surface area contributed by atoms with Crippen molar-refractivity contribution in [3.63, 3.8) is 0 Å². The molecular formula is C15H24N2O5S. The Bertz CT molecular complexity index is 647. The van der Waals surface area contributed by atoms with Gasteiger partial charge in [0.1, 0.15) is 10.7 Å². The fourth-order valence-corrected chi connectivity index (χ4v) is 4.61. The van der Waals surface area contributed by atoms with E-state index in [0.717, 1.165) is 25.7 Å². The van der Waals surface area contributed by atoms with Crippen LogP contribution in [-0.2, 0) is 21.2 Å². The highest BCUT2D eigenvalue weighted by atomic mass is 32.2. The number of nitrogens with one attached hydrogen (secondary N) is 1. The van der Waals surface area contributed by atoms with Crippen molar-refractivity contribution in [2.24, 2.45) is 11.7 Å². The van der Waals surface area contributed by atoms with Gasteiger partial charge in [0.25, 0.3) is 0 Å². The molecule has 23 heavy (non-hydrogen) atoms. The molecule has 1 aliphatic rings. The van der Waals surface area contributed by atoms with Gasteiger partial charge in [0.2, 0.25) is 15.8 Å². The van der Waals surface area contributed by atoms with E-state index in [2.05, 4.69) is 9.46 Å². The van der Waals surface area contributed by atoms with Gasteiger partial charge in [-0.05, 0) is 18.8 Å². The molecule has 1 atom stereocenters. The highest BCUT2D eigenvalue weighted by Gasteiger charge is 2.31.